The second-order valence-corrected chi connectivity index (χ2v) is 4.50. The van der Waals surface area contributed by atoms with Crippen molar-refractivity contribution in [1.82, 2.24) is 4.98 Å². The summed E-state index contributed by atoms with van der Waals surface area (Å²) in [4.78, 5) is 4.15. The molecule has 1 heterocycles. The molecule has 1 aromatic carbocycles. The van der Waals surface area contributed by atoms with E-state index < -0.39 is 0 Å². The zero-order valence-electron chi connectivity index (χ0n) is 8.27. The first-order valence-electron chi connectivity index (χ1n) is 4.61. The number of hydrogen-bond donors (Lipinski definition) is 1. The number of aromatic nitrogens is 1. The molecule has 0 aliphatic heterocycles. The Kier molecular flexibility index (Phi) is 3.40. The molecule has 2 rings (SSSR count). The second-order valence-electron chi connectivity index (χ2n) is 3.08. The van der Waals surface area contributed by atoms with E-state index in [1.807, 2.05) is 5.38 Å². The SMILES string of the molecule is N#Cc1cc(Cl)ccc1NCc1nccs1. The maximum absolute atomic E-state index is 8.94. The lowest BCUT2D eigenvalue weighted by Gasteiger charge is -2.06. The van der Waals surface area contributed by atoms with Gasteiger partial charge in [0.1, 0.15) is 11.1 Å². The van der Waals surface area contributed by atoms with Gasteiger partial charge < -0.3 is 5.32 Å². The van der Waals surface area contributed by atoms with E-state index in [1.54, 1.807) is 35.7 Å². The van der Waals surface area contributed by atoms with Gasteiger partial charge in [0.15, 0.2) is 0 Å². The largest absolute Gasteiger partial charge is 0.377 e. The lowest BCUT2D eigenvalue weighted by atomic mass is 10.2. The lowest BCUT2D eigenvalue weighted by molar-refractivity contribution is 1.10. The van der Waals surface area contributed by atoms with Gasteiger partial charge in [-0.2, -0.15) is 5.26 Å². The molecular weight excluding hydrogens is 242 g/mol. The van der Waals surface area contributed by atoms with Gasteiger partial charge in [-0.1, -0.05) is 11.6 Å². The number of anilines is 1. The molecular formula is C11H8ClN3S. The van der Waals surface area contributed by atoms with Crippen molar-refractivity contribution < 1.29 is 0 Å². The Morgan fingerprint density at radius 1 is 1.50 bits per heavy atom. The Bertz CT molecular complexity index is 517. The van der Waals surface area contributed by atoms with Crippen molar-refractivity contribution in [1.29, 1.82) is 5.26 Å². The fourth-order valence-electron chi connectivity index (χ4n) is 1.27. The van der Waals surface area contributed by atoms with Crippen LogP contribution in [0.2, 0.25) is 5.02 Å². The summed E-state index contributed by atoms with van der Waals surface area (Å²) in [7, 11) is 0. The molecule has 0 amide bonds. The van der Waals surface area contributed by atoms with E-state index in [2.05, 4.69) is 16.4 Å². The quantitative estimate of drug-likeness (QED) is 0.908. The molecule has 1 aromatic heterocycles. The molecule has 0 fully saturated rings. The van der Waals surface area contributed by atoms with Crippen LogP contribution in [0.25, 0.3) is 0 Å². The van der Waals surface area contributed by atoms with Gasteiger partial charge in [-0.3, -0.25) is 0 Å². The van der Waals surface area contributed by atoms with Crippen LogP contribution in [0.3, 0.4) is 0 Å². The number of rotatable bonds is 3. The molecule has 5 heteroatoms. The highest BCUT2D eigenvalue weighted by Gasteiger charge is 2.03. The van der Waals surface area contributed by atoms with Crippen LogP contribution in [0.15, 0.2) is 29.8 Å². The third kappa shape index (κ3) is 2.51. The Labute approximate surface area is 102 Å². The zero-order chi connectivity index (χ0) is 11.4. The number of nitrogens with zero attached hydrogens (tertiary/aromatic N) is 2. The molecule has 0 saturated carbocycles. The van der Waals surface area contributed by atoms with Gasteiger partial charge in [-0.05, 0) is 18.2 Å². The summed E-state index contributed by atoms with van der Waals surface area (Å²) < 4.78 is 0. The zero-order valence-corrected chi connectivity index (χ0v) is 9.85. The Hall–Kier alpha value is -1.57. The summed E-state index contributed by atoms with van der Waals surface area (Å²) in [6, 6.07) is 7.30. The molecule has 0 unspecified atom stereocenters. The van der Waals surface area contributed by atoms with Crippen LogP contribution in [0, 0.1) is 11.3 Å². The maximum Gasteiger partial charge on any atom is 0.112 e. The average Bonchev–Trinajstić information content (AvgIpc) is 2.80. The predicted molar refractivity (Wildman–Crippen MR) is 65.6 cm³/mol. The third-order valence-electron chi connectivity index (χ3n) is 2.02. The molecule has 0 aliphatic carbocycles. The molecule has 0 radical (unpaired) electrons. The van der Waals surface area contributed by atoms with Crippen molar-refractivity contribution in [2.75, 3.05) is 5.32 Å². The minimum absolute atomic E-state index is 0.545. The summed E-state index contributed by atoms with van der Waals surface area (Å²) >= 11 is 7.38. The van der Waals surface area contributed by atoms with E-state index in [9.17, 15) is 0 Å². The minimum Gasteiger partial charge on any atom is -0.377 e. The van der Waals surface area contributed by atoms with Gasteiger partial charge in [-0.25, -0.2) is 4.98 Å². The molecule has 0 aliphatic rings. The number of hydrogen-bond acceptors (Lipinski definition) is 4. The van der Waals surface area contributed by atoms with Gasteiger partial charge in [0.05, 0.1) is 17.8 Å². The first-order valence-corrected chi connectivity index (χ1v) is 5.87. The Balaban J connectivity index is 2.13. The third-order valence-corrected chi connectivity index (χ3v) is 3.03. The van der Waals surface area contributed by atoms with Crippen LogP contribution in [0.5, 0.6) is 0 Å². The topological polar surface area (TPSA) is 48.7 Å². The second kappa shape index (κ2) is 4.97. The van der Waals surface area contributed by atoms with Gasteiger partial charge >= 0.3 is 0 Å². The van der Waals surface area contributed by atoms with Crippen molar-refractivity contribution >= 4 is 28.6 Å². The Morgan fingerprint density at radius 3 is 3.06 bits per heavy atom. The Morgan fingerprint density at radius 2 is 2.38 bits per heavy atom. The van der Waals surface area contributed by atoms with Gasteiger partial charge in [0.2, 0.25) is 0 Å². The predicted octanol–water partition coefficient (Wildman–Crippen LogP) is 3.28. The summed E-state index contributed by atoms with van der Waals surface area (Å²) in [6.45, 7) is 0.619. The van der Waals surface area contributed by atoms with Crippen molar-refractivity contribution in [2.24, 2.45) is 0 Å². The van der Waals surface area contributed by atoms with E-state index in [4.69, 9.17) is 16.9 Å². The first-order chi connectivity index (χ1) is 7.79. The van der Waals surface area contributed by atoms with Crippen LogP contribution in [0.4, 0.5) is 5.69 Å². The van der Waals surface area contributed by atoms with E-state index in [-0.39, 0.29) is 0 Å². The molecule has 2 aromatic rings. The van der Waals surface area contributed by atoms with E-state index in [0.29, 0.717) is 17.1 Å². The standard InChI is InChI=1S/C11H8ClN3S/c12-9-1-2-10(8(5-9)6-13)15-7-11-14-3-4-16-11/h1-5,15H,7H2. The van der Waals surface area contributed by atoms with Crippen LogP contribution < -0.4 is 5.32 Å². The summed E-state index contributed by atoms with van der Waals surface area (Å²) in [6.07, 6.45) is 1.76. The normalized spacial score (nSPS) is 9.75. The van der Waals surface area contributed by atoms with Gasteiger partial charge in [0.25, 0.3) is 0 Å². The van der Waals surface area contributed by atoms with E-state index in [1.165, 1.54) is 0 Å². The van der Waals surface area contributed by atoms with Crippen LogP contribution in [-0.4, -0.2) is 4.98 Å². The van der Waals surface area contributed by atoms with E-state index in [0.717, 1.165) is 10.7 Å². The highest BCUT2D eigenvalue weighted by atomic mass is 35.5. The molecule has 16 heavy (non-hydrogen) atoms. The molecule has 80 valence electrons. The van der Waals surface area contributed by atoms with Crippen molar-refractivity contribution in [3.63, 3.8) is 0 Å². The lowest BCUT2D eigenvalue weighted by Crippen LogP contribution is -2.00. The van der Waals surface area contributed by atoms with Crippen LogP contribution in [-0.2, 0) is 6.54 Å². The molecule has 0 spiro atoms. The number of halogens is 1. The summed E-state index contributed by atoms with van der Waals surface area (Å²) in [5.74, 6) is 0. The van der Waals surface area contributed by atoms with Crippen molar-refractivity contribution in [3.8, 4) is 6.07 Å². The molecule has 0 atom stereocenters. The molecule has 0 bridgehead atoms. The van der Waals surface area contributed by atoms with E-state index >= 15 is 0 Å². The smallest absolute Gasteiger partial charge is 0.112 e. The van der Waals surface area contributed by atoms with Crippen molar-refractivity contribution in [3.05, 3.63) is 45.4 Å². The average molecular weight is 250 g/mol. The number of thiazole rings is 1. The monoisotopic (exact) mass is 249 g/mol. The fourth-order valence-corrected chi connectivity index (χ4v) is 2.00. The molecule has 3 nitrogen and oxygen atoms in total. The maximum atomic E-state index is 8.94. The highest BCUT2D eigenvalue weighted by Crippen LogP contribution is 2.20. The minimum atomic E-state index is 0.545. The van der Waals surface area contributed by atoms with Crippen LogP contribution >= 0.6 is 22.9 Å². The van der Waals surface area contributed by atoms with Gasteiger partial charge in [-0.15, -0.1) is 11.3 Å². The summed E-state index contributed by atoms with van der Waals surface area (Å²) in [5, 5.41) is 15.6. The highest BCUT2D eigenvalue weighted by molar-refractivity contribution is 7.09. The molecule has 1 N–H and O–H groups in total. The number of nitriles is 1. The first kappa shape index (κ1) is 10.9. The fraction of sp³-hybridized carbons (Fsp3) is 0.0909. The van der Waals surface area contributed by atoms with Crippen molar-refractivity contribution in [2.45, 2.75) is 6.54 Å². The summed E-state index contributed by atoms with van der Waals surface area (Å²) in [5.41, 5.74) is 1.33. The van der Waals surface area contributed by atoms with Gasteiger partial charge in [0, 0.05) is 16.6 Å². The number of benzene rings is 1. The number of nitrogens with one attached hydrogen (secondary N) is 1. The van der Waals surface area contributed by atoms with Crippen LogP contribution in [0.1, 0.15) is 10.6 Å². The molecule has 0 saturated heterocycles.